The van der Waals surface area contributed by atoms with E-state index in [1.165, 1.54) is 42.5 Å². The normalized spacial score (nSPS) is 20.4. The molecule has 1 saturated heterocycles. The fourth-order valence-corrected chi connectivity index (χ4v) is 6.30. The number of hydrogen-bond donors (Lipinski definition) is 4. The third kappa shape index (κ3) is 7.85. The number of carbonyl (C=O) groups is 4. The lowest BCUT2D eigenvalue weighted by molar-refractivity contribution is -0.134. The Morgan fingerprint density at radius 3 is 2.78 bits per heavy atom. The Hall–Kier alpha value is -4.78. The molecule has 4 atom stereocenters. The van der Waals surface area contributed by atoms with E-state index in [9.17, 15) is 24.0 Å². The second-order valence-corrected chi connectivity index (χ2v) is 11.7. The Morgan fingerprint density at radius 1 is 1.16 bits per heavy atom. The molecule has 3 amide bonds. The fourth-order valence-electron chi connectivity index (χ4n) is 6.30. The van der Waals surface area contributed by atoms with Crippen LogP contribution in [0.15, 0.2) is 59.5 Å². The monoisotopic (exact) mass is 617 g/mol. The van der Waals surface area contributed by atoms with Crippen LogP contribution < -0.4 is 21.5 Å². The highest BCUT2D eigenvalue weighted by Gasteiger charge is 2.37. The quantitative estimate of drug-likeness (QED) is 0.188. The number of ether oxygens (including phenoxy) is 1. The van der Waals surface area contributed by atoms with E-state index in [0.29, 0.717) is 22.9 Å². The number of methoxy groups -OCH3 is 1. The number of benzene rings is 1. The molecule has 45 heavy (non-hydrogen) atoms. The Balaban J connectivity index is 1.26. The number of amides is 3. The van der Waals surface area contributed by atoms with Gasteiger partial charge in [-0.1, -0.05) is 24.6 Å². The summed E-state index contributed by atoms with van der Waals surface area (Å²) in [5.74, 6) is -0.990. The summed E-state index contributed by atoms with van der Waals surface area (Å²) >= 11 is 0. The van der Waals surface area contributed by atoms with Crippen LogP contribution in [0.1, 0.15) is 49.1 Å². The van der Waals surface area contributed by atoms with Gasteiger partial charge in [-0.3, -0.25) is 24.1 Å². The van der Waals surface area contributed by atoms with Crippen LogP contribution >= 0.6 is 0 Å². The molecular weight excluding hydrogens is 578 g/mol. The number of allylic oxidation sites excluding steroid dienone is 1. The largest absolute Gasteiger partial charge is 0.466 e. The van der Waals surface area contributed by atoms with E-state index in [0.717, 1.165) is 25.8 Å². The van der Waals surface area contributed by atoms with Crippen LogP contribution in [0, 0.1) is 11.8 Å². The zero-order chi connectivity index (χ0) is 31.9. The molecule has 2 aliphatic rings. The molecule has 2 aromatic heterocycles. The van der Waals surface area contributed by atoms with Gasteiger partial charge in [0.05, 0.1) is 24.3 Å². The number of pyridine rings is 1. The van der Waals surface area contributed by atoms with E-state index in [4.69, 9.17) is 0 Å². The molecule has 3 aromatic rings. The smallest absolute Gasteiger partial charge is 0.330 e. The van der Waals surface area contributed by atoms with Crippen molar-refractivity contribution in [1.82, 2.24) is 30.1 Å². The molecule has 4 unspecified atom stereocenters. The standard InChI is InChI=1S/C32H39N7O6/c1-38-18-20-9-7-10-21(17-20)29(38)37-26(40)19-39-16-8-14-25(32(39)44)36-30(42)24(13-5-6-15-27(41)45-2)35-31(43)28-33-22-11-3-4-12-23(22)34-28/h3-4,6,8,11-12,14-16,20-21,24,29H,5,7,9-10,13,17-19H2,1-2H3,(H,33,34)(H,35,43)(H,36,42)(H,37,40)/b15-6+. The molecular formula is C32H39N7O6. The molecule has 2 bridgehead atoms. The van der Waals surface area contributed by atoms with Crippen LogP contribution in [0.2, 0.25) is 0 Å². The summed E-state index contributed by atoms with van der Waals surface area (Å²) in [5, 5.41) is 8.40. The summed E-state index contributed by atoms with van der Waals surface area (Å²) in [4.78, 5) is 73.7. The van der Waals surface area contributed by atoms with Crippen molar-refractivity contribution in [2.75, 3.05) is 26.0 Å². The van der Waals surface area contributed by atoms with Crippen molar-refractivity contribution in [2.45, 2.75) is 57.3 Å². The number of fused-ring (bicyclic) bond motifs is 3. The van der Waals surface area contributed by atoms with Crippen molar-refractivity contribution in [3.8, 4) is 0 Å². The number of likely N-dealkylation sites (tertiary alicyclic amines) is 1. The lowest BCUT2D eigenvalue weighted by Gasteiger charge is -2.46. The second kappa shape index (κ2) is 14.3. The summed E-state index contributed by atoms with van der Waals surface area (Å²) in [6, 6.07) is 9.08. The van der Waals surface area contributed by atoms with E-state index in [2.05, 4.69) is 35.6 Å². The minimum atomic E-state index is -1.08. The molecule has 1 saturated carbocycles. The second-order valence-electron chi connectivity index (χ2n) is 11.7. The summed E-state index contributed by atoms with van der Waals surface area (Å²) in [6.07, 6.45) is 9.12. The van der Waals surface area contributed by atoms with Crippen LogP contribution in [0.25, 0.3) is 11.0 Å². The Labute approximate surface area is 260 Å². The van der Waals surface area contributed by atoms with Crippen LogP contribution in [0.4, 0.5) is 5.69 Å². The summed E-state index contributed by atoms with van der Waals surface area (Å²) < 4.78 is 5.85. The summed E-state index contributed by atoms with van der Waals surface area (Å²) in [5.41, 5.74) is 0.671. The highest BCUT2D eigenvalue weighted by molar-refractivity contribution is 6.00. The molecule has 0 spiro atoms. The zero-order valence-corrected chi connectivity index (χ0v) is 25.5. The van der Waals surface area contributed by atoms with E-state index in [1.54, 1.807) is 24.3 Å². The van der Waals surface area contributed by atoms with Crippen molar-refractivity contribution in [3.63, 3.8) is 0 Å². The Morgan fingerprint density at radius 2 is 1.98 bits per heavy atom. The maximum Gasteiger partial charge on any atom is 0.330 e. The lowest BCUT2D eigenvalue weighted by atomic mass is 9.76. The number of carbonyl (C=O) groups excluding carboxylic acids is 4. The van der Waals surface area contributed by atoms with Gasteiger partial charge in [0.2, 0.25) is 11.8 Å². The first kappa shape index (κ1) is 31.6. The molecule has 3 heterocycles. The van der Waals surface area contributed by atoms with Crippen molar-refractivity contribution in [2.24, 2.45) is 11.8 Å². The number of anilines is 1. The minimum absolute atomic E-state index is 0.0274. The van der Waals surface area contributed by atoms with Crippen LogP contribution in [-0.4, -0.2) is 76.0 Å². The van der Waals surface area contributed by atoms with Gasteiger partial charge in [-0.2, -0.15) is 0 Å². The number of esters is 1. The number of aromatic nitrogens is 3. The van der Waals surface area contributed by atoms with Crippen LogP contribution in [-0.2, 0) is 25.7 Å². The SMILES string of the molecule is COC(=O)/C=C/CCC(NC(=O)c1nc2ccccc2[nH]1)C(=O)Nc1cccn(CC(=O)NC2C3CCCC(C3)CN2C)c1=O. The number of nitrogens with zero attached hydrogens (tertiary/aromatic N) is 3. The third-order valence-corrected chi connectivity index (χ3v) is 8.50. The summed E-state index contributed by atoms with van der Waals surface area (Å²) in [6.45, 7) is 0.739. The van der Waals surface area contributed by atoms with Gasteiger partial charge in [0.1, 0.15) is 18.3 Å². The van der Waals surface area contributed by atoms with E-state index < -0.39 is 29.4 Å². The first-order valence-corrected chi connectivity index (χ1v) is 15.2. The molecule has 4 N–H and O–H groups in total. The minimum Gasteiger partial charge on any atom is -0.466 e. The van der Waals surface area contributed by atoms with E-state index in [-0.39, 0.29) is 43.0 Å². The predicted octanol–water partition coefficient (Wildman–Crippen LogP) is 2.17. The average Bonchev–Trinajstić information content (AvgIpc) is 3.47. The van der Waals surface area contributed by atoms with Gasteiger partial charge in [0, 0.05) is 18.8 Å². The number of aromatic amines is 1. The number of H-pyrrole nitrogens is 1. The van der Waals surface area contributed by atoms with Gasteiger partial charge in [0.15, 0.2) is 5.82 Å². The highest BCUT2D eigenvalue weighted by atomic mass is 16.5. The van der Waals surface area contributed by atoms with Gasteiger partial charge in [-0.25, -0.2) is 9.78 Å². The first-order chi connectivity index (χ1) is 21.7. The molecule has 13 nitrogen and oxygen atoms in total. The predicted molar refractivity (Wildman–Crippen MR) is 167 cm³/mol. The molecule has 1 aliphatic carbocycles. The van der Waals surface area contributed by atoms with Crippen LogP contribution in [0.5, 0.6) is 0 Å². The first-order valence-electron chi connectivity index (χ1n) is 15.2. The maximum absolute atomic E-state index is 13.4. The number of nitrogens with one attached hydrogen (secondary N) is 4. The number of imidazole rings is 1. The molecule has 1 aliphatic heterocycles. The topological polar surface area (TPSA) is 168 Å². The number of piperidine rings is 1. The number of para-hydroxylation sites is 2. The van der Waals surface area contributed by atoms with Gasteiger partial charge in [0.25, 0.3) is 11.5 Å². The highest BCUT2D eigenvalue weighted by Crippen LogP contribution is 2.36. The molecule has 5 rings (SSSR count). The zero-order valence-electron chi connectivity index (χ0n) is 25.5. The number of hydrogen-bond acceptors (Lipinski definition) is 8. The van der Waals surface area contributed by atoms with Gasteiger partial charge >= 0.3 is 5.97 Å². The van der Waals surface area contributed by atoms with Gasteiger partial charge in [-0.15, -0.1) is 0 Å². The molecule has 0 radical (unpaired) electrons. The third-order valence-electron chi connectivity index (χ3n) is 8.50. The Bertz CT molecular complexity index is 1610. The number of rotatable bonds is 11. The van der Waals surface area contributed by atoms with Gasteiger partial charge < -0.3 is 30.2 Å². The van der Waals surface area contributed by atoms with Crippen molar-refractivity contribution >= 4 is 40.4 Å². The lowest BCUT2D eigenvalue weighted by Crippen LogP contribution is -2.57. The molecule has 13 heteroatoms. The van der Waals surface area contributed by atoms with Crippen molar-refractivity contribution in [1.29, 1.82) is 0 Å². The van der Waals surface area contributed by atoms with Crippen molar-refractivity contribution < 1.29 is 23.9 Å². The maximum atomic E-state index is 13.4. The molecule has 2 fully saturated rings. The van der Waals surface area contributed by atoms with Crippen molar-refractivity contribution in [3.05, 3.63) is 70.9 Å². The fraction of sp³-hybridized carbons (Fsp3) is 0.438. The van der Waals surface area contributed by atoms with Gasteiger partial charge in [-0.05, 0) is 75.3 Å². The van der Waals surface area contributed by atoms with E-state index >= 15 is 0 Å². The molecule has 238 valence electrons. The van der Waals surface area contributed by atoms with Crippen LogP contribution in [0.3, 0.4) is 0 Å². The average molecular weight is 618 g/mol. The van der Waals surface area contributed by atoms with E-state index in [1.807, 2.05) is 13.1 Å². The molecule has 1 aromatic carbocycles. The summed E-state index contributed by atoms with van der Waals surface area (Å²) in [7, 11) is 3.28. The Kier molecular flexibility index (Phi) is 10.1.